The smallest absolute Gasteiger partial charge is 0.251 e. The first-order valence-corrected chi connectivity index (χ1v) is 13.0. The van der Waals surface area contributed by atoms with E-state index in [4.69, 9.17) is 0 Å². The molecule has 0 spiro atoms. The molecule has 0 aromatic heterocycles. The predicted molar refractivity (Wildman–Crippen MR) is 122 cm³/mol. The summed E-state index contributed by atoms with van der Waals surface area (Å²) in [4.78, 5) is 25.3. The van der Waals surface area contributed by atoms with Crippen molar-refractivity contribution in [2.75, 3.05) is 5.32 Å². The molecular weight excluding hydrogens is 414 g/mol. The van der Waals surface area contributed by atoms with Gasteiger partial charge in [-0.3, -0.25) is 9.59 Å². The maximum atomic E-state index is 12.7. The average molecular weight is 450 g/mol. The zero-order chi connectivity index (χ0) is 22.4. The van der Waals surface area contributed by atoms with E-state index in [2.05, 4.69) is 15.4 Å². The quantitative estimate of drug-likeness (QED) is 0.592. The van der Waals surface area contributed by atoms with Gasteiger partial charge < -0.3 is 10.6 Å². The number of carbonyl (C=O) groups is 2. The number of anilines is 1. The summed E-state index contributed by atoms with van der Waals surface area (Å²) in [7, 11) is -3.30. The van der Waals surface area contributed by atoms with E-state index >= 15 is 0 Å². The maximum Gasteiger partial charge on any atom is 0.251 e. The van der Waals surface area contributed by atoms with Crippen molar-refractivity contribution in [3.05, 3.63) is 29.8 Å². The summed E-state index contributed by atoms with van der Waals surface area (Å²) in [5.41, 5.74) is 1.17. The van der Waals surface area contributed by atoms with Crippen LogP contribution in [0.4, 0.5) is 5.69 Å². The van der Waals surface area contributed by atoms with E-state index in [1.807, 2.05) is 0 Å². The lowest BCUT2D eigenvalue weighted by Gasteiger charge is -2.28. The monoisotopic (exact) mass is 449 g/mol. The Morgan fingerprint density at radius 3 is 2.26 bits per heavy atom. The van der Waals surface area contributed by atoms with Gasteiger partial charge in [0.15, 0.2) is 0 Å². The summed E-state index contributed by atoms with van der Waals surface area (Å²) in [6, 6.07) is 7.19. The van der Waals surface area contributed by atoms with E-state index < -0.39 is 15.3 Å². The minimum Gasteiger partial charge on any atom is -0.349 e. The number of hydrogen-bond donors (Lipinski definition) is 3. The summed E-state index contributed by atoms with van der Waals surface area (Å²) in [5, 5.41) is 5.57. The van der Waals surface area contributed by atoms with Crippen molar-refractivity contribution >= 4 is 27.5 Å². The summed E-state index contributed by atoms with van der Waals surface area (Å²) in [6.45, 7) is 3.32. The Morgan fingerprint density at radius 1 is 0.935 bits per heavy atom. The minimum atomic E-state index is -3.30. The highest BCUT2D eigenvalue weighted by molar-refractivity contribution is 7.90. The number of sulfonamides is 1. The van der Waals surface area contributed by atoms with E-state index in [0.717, 1.165) is 25.7 Å². The molecule has 2 amide bonds. The van der Waals surface area contributed by atoms with Gasteiger partial charge in [0.25, 0.3) is 5.91 Å². The van der Waals surface area contributed by atoms with Crippen LogP contribution in [0.2, 0.25) is 0 Å². The van der Waals surface area contributed by atoms with Crippen LogP contribution in [0, 0.1) is 5.92 Å². The molecule has 0 saturated heterocycles. The van der Waals surface area contributed by atoms with Crippen molar-refractivity contribution in [2.45, 2.75) is 89.0 Å². The Balaban J connectivity index is 1.50. The average Bonchev–Trinajstić information content (AvgIpc) is 2.74. The van der Waals surface area contributed by atoms with Crippen LogP contribution in [-0.4, -0.2) is 37.6 Å². The van der Waals surface area contributed by atoms with Crippen LogP contribution in [-0.2, 0) is 14.8 Å². The molecule has 31 heavy (non-hydrogen) atoms. The lowest BCUT2D eigenvalue weighted by molar-refractivity contribution is -0.120. The molecule has 1 aromatic rings. The zero-order valence-electron chi connectivity index (χ0n) is 18.5. The molecule has 2 fully saturated rings. The fourth-order valence-corrected chi connectivity index (χ4v) is 5.31. The van der Waals surface area contributed by atoms with Crippen molar-refractivity contribution in [2.24, 2.45) is 5.92 Å². The van der Waals surface area contributed by atoms with Crippen LogP contribution < -0.4 is 15.4 Å². The zero-order valence-corrected chi connectivity index (χ0v) is 19.3. The molecule has 0 unspecified atom stereocenters. The Hall–Kier alpha value is -1.93. The second-order valence-electron chi connectivity index (χ2n) is 9.14. The first-order valence-electron chi connectivity index (χ1n) is 11.5. The third kappa shape index (κ3) is 6.77. The van der Waals surface area contributed by atoms with Crippen LogP contribution in [0.25, 0.3) is 0 Å². The second kappa shape index (κ2) is 10.6. The van der Waals surface area contributed by atoms with Gasteiger partial charge in [0.1, 0.15) is 0 Å². The molecule has 3 rings (SSSR count). The molecule has 0 atom stereocenters. The van der Waals surface area contributed by atoms with Gasteiger partial charge in [-0.1, -0.05) is 25.3 Å². The van der Waals surface area contributed by atoms with E-state index in [1.165, 1.54) is 6.42 Å². The van der Waals surface area contributed by atoms with Gasteiger partial charge in [0.05, 0.1) is 5.25 Å². The molecule has 172 valence electrons. The molecule has 0 bridgehead atoms. The van der Waals surface area contributed by atoms with Crippen LogP contribution in [0.5, 0.6) is 0 Å². The number of carbonyl (C=O) groups excluding carboxylic acids is 2. The van der Waals surface area contributed by atoms with Crippen molar-refractivity contribution in [3.8, 4) is 0 Å². The highest BCUT2D eigenvalue weighted by Crippen LogP contribution is 2.26. The lowest BCUT2D eigenvalue weighted by atomic mass is 9.86. The van der Waals surface area contributed by atoms with Gasteiger partial charge in [-0.05, 0) is 70.6 Å². The van der Waals surface area contributed by atoms with Crippen molar-refractivity contribution in [3.63, 3.8) is 0 Å². The van der Waals surface area contributed by atoms with Crippen molar-refractivity contribution in [1.82, 2.24) is 10.0 Å². The van der Waals surface area contributed by atoms with Gasteiger partial charge in [0, 0.05) is 29.3 Å². The SMILES string of the molecule is CC(C)S(=O)(=O)NC1CCC(C(=O)Nc2cccc(C(=O)NC3CCCCC3)c2)CC1. The fraction of sp³-hybridized carbons (Fsp3) is 0.652. The summed E-state index contributed by atoms with van der Waals surface area (Å²) < 4.78 is 26.8. The van der Waals surface area contributed by atoms with Crippen LogP contribution >= 0.6 is 0 Å². The summed E-state index contributed by atoms with van der Waals surface area (Å²) in [6.07, 6.45) is 8.17. The van der Waals surface area contributed by atoms with Gasteiger partial charge >= 0.3 is 0 Å². The van der Waals surface area contributed by atoms with E-state index in [1.54, 1.807) is 38.1 Å². The molecule has 2 saturated carbocycles. The highest BCUT2D eigenvalue weighted by atomic mass is 32.2. The lowest BCUT2D eigenvalue weighted by Crippen LogP contribution is -2.42. The summed E-state index contributed by atoms with van der Waals surface area (Å²) >= 11 is 0. The number of amides is 2. The third-order valence-electron chi connectivity index (χ3n) is 6.38. The van der Waals surface area contributed by atoms with E-state index in [-0.39, 0.29) is 29.8 Å². The Morgan fingerprint density at radius 2 is 1.61 bits per heavy atom. The van der Waals surface area contributed by atoms with E-state index in [9.17, 15) is 18.0 Å². The van der Waals surface area contributed by atoms with Gasteiger partial charge in [-0.25, -0.2) is 13.1 Å². The molecule has 1 aromatic carbocycles. The highest BCUT2D eigenvalue weighted by Gasteiger charge is 2.29. The molecule has 3 N–H and O–H groups in total. The van der Waals surface area contributed by atoms with Crippen LogP contribution in [0.15, 0.2) is 24.3 Å². The Bertz CT molecular complexity index is 871. The summed E-state index contributed by atoms with van der Waals surface area (Å²) in [5.74, 6) is -0.324. The third-order valence-corrected chi connectivity index (χ3v) is 8.29. The Labute approximate surface area is 185 Å². The normalized spacial score (nSPS) is 22.8. The van der Waals surface area contributed by atoms with Gasteiger partial charge in [0.2, 0.25) is 15.9 Å². The maximum absolute atomic E-state index is 12.7. The van der Waals surface area contributed by atoms with Gasteiger partial charge in [-0.2, -0.15) is 0 Å². The predicted octanol–water partition coefficient (Wildman–Crippen LogP) is 3.57. The van der Waals surface area contributed by atoms with E-state index in [0.29, 0.717) is 36.9 Å². The van der Waals surface area contributed by atoms with Crippen molar-refractivity contribution in [1.29, 1.82) is 0 Å². The molecule has 2 aliphatic rings. The molecule has 7 nitrogen and oxygen atoms in total. The number of nitrogens with one attached hydrogen (secondary N) is 3. The minimum absolute atomic E-state index is 0.0741. The largest absolute Gasteiger partial charge is 0.349 e. The molecule has 2 aliphatic carbocycles. The molecular formula is C23H35N3O4S. The topological polar surface area (TPSA) is 104 Å². The van der Waals surface area contributed by atoms with Crippen LogP contribution in [0.3, 0.4) is 0 Å². The van der Waals surface area contributed by atoms with Crippen molar-refractivity contribution < 1.29 is 18.0 Å². The standard InChI is InChI=1S/C23H35N3O4S/c1-16(2)31(29,30)26-20-13-11-17(12-14-20)22(27)25-21-10-6-7-18(15-21)23(28)24-19-8-4-3-5-9-19/h6-7,10,15-17,19-20,26H,3-5,8-9,11-14H2,1-2H3,(H,24,28)(H,25,27). The first-order chi connectivity index (χ1) is 14.7. The fourth-order valence-electron chi connectivity index (χ4n) is 4.34. The number of benzene rings is 1. The Kier molecular flexibility index (Phi) is 8.11. The molecule has 0 heterocycles. The van der Waals surface area contributed by atoms with Crippen LogP contribution in [0.1, 0.15) is 82.0 Å². The molecule has 0 radical (unpaired) electrons. The molecule has 0 aliphatic heterocycles. The second-order valence-corrected chi connectivity index (χ2v) is 11.4. The molecule has 8 heteroatoms. The number of rotatable bonds is 7. The first kappa shape index (κ1) is 23.7. The van der Waals surface area contributed by atoms with Gasteiger partial charge in [-0.15, -0.1) is 0 Å². The number of hydrogen-bond acceptors (Lipinski definition) is 4.